The van der Waals surface area contributed by atoms with Crippen LogP contribution in [0.15, 0.2) is 24.3 Å². The fourth-order valence-electron chi connectivity index (χ4n) is 3.01. The number of rotatable bonds is 1. The number of benzene rings is 1. The van der Waals surface area contributed by atoms with Crippen LogP contribution in [0, 0.1) is 13.8 Å². The largest absolute Gasteiger partial charge is 0.388 e. The van der Waals surface area contributed by atoms with Crippen LogP contribution in [0.4, 0.5) is 0 Å². The van der Waals surface area contributed by atoms with E-state index in [1.165, 1.54) is 11.3 Å². The van der Waals surface area contributed by atoms with E-state index in [-0.39, 0.29) is 6.10 Å². The Bertz CT molecular complexity index is 630. The summed E-state index contributed by atoms with van der Waals surface area (Å²) in [6, 6.07) is 8.16. The minimum absolute atomic E-state index is 0.327. The summed E-state index contributed by atoms with van der Waals surface area (Å²) in [6.07, 6.45) is 2.57. The van der Waals surface area contributed by atoms with Crippen molar-refractivity contribution in [2.75, 3.05) is 0 Å². The van der Waals surface area contributed by atoms with Crippen molar-refractivity contribution in [1.29, 1.82) is 0 Å². The van der Waals surface area contributed by atoms with Gasteiger partial charge in [-0.15, -0.1) is 0 Å². The maximum absolute atomic E-state index is 10.1. The molecule has 0 spiro atoms. The Morgan fingerprint density at radius 3 is 2.84 bits per heavy atom. The molecule has 1 aromatic heterocycles. The van der Waals surface area contributed by atoms with Crippen LogP contribution in [-0.2, 0) is 6.42 Å². The summed E-state index contributed by atoms with van der Waals surface area (Å²) in [5.41, 5.74) is 5.63. The smallest absolute Gasteiger partial charge is 0.0807 e. The van der Waals surface area contributed by atoms with E-state index < -0.39 is 0 Å². The number of nitrogens with zero attached hydrogens (tertiary/aromatic N) is 1. The zero-order valence-electron chi connectivity index (χ0n) is 11.3. The van der Waals surface area contributed by atoms with Gasteiger partial charge in [0.25, 0.3) is 0 Å². The summed E-state index contributed by atoms with van der Waals surface area (Å²) in [5.74, 6) is 0. The summed E-state index contributed by atoms with van der Waals surface area (Å²) in [7, 11) is 0. The third kappa shape index (κ3) is 2.09. The molecule has 1 N–H and O–H groups in total. The SMILES string of the molecule is Cc1ccc(Cl)c(-n2c(C)cc3c2CCCC3O)c1. The topological polar surface area (TPSA) is 25.2 Å². The van der Waals surface area contributed by atoms with Gasteiger partial charge in [-0.1, -0.05) is 17.7 Å². The van der Waals surface area contributed by atoms with Gasteiger partial charge in [-0.25, -0.2) is 0 Å². The lowest BCUT2D eigenvalue weighted by atomic mass is 9.95. The zero-order chi connectivity index (χ0) is 13.6. The van der Waals surface area contributed by atoms with Crippen molar-refractivity contribution in [2.24, 2.45) is 0 Å². The number of hydrogen-bond acceptors (Lipinski definition) is 1. The summed E-state index contributed by atoms with van der Waals surface area (Å²) in [6.45, 7) is 4.14. The molecule has 0 saturated heterocycles. The van der Waals surface area contributed by atoms with E-state index in [1.807, 2.05) is 12.1 Å². The van der Waals surface area contributed by atoms with E-state index in [4.69, 9.17) is 11.6 Å². The first-order chi connectivity index (χ1) is 9.08. The summed E-state index contributed by atoms with van der Waals surface area (Å²) >= 11 is 6.36. The molecule has 0 bridgehead atoms. The molecule has 1 aliphatic carbocycles. The lowest BCUT2D eigenvalue weighted by molar-refractivity contribution is 0.156. The maximum Gasteiger partial charge on any atom is 0.0807 e. The van der Waals surface area contributed by atoms with Crippen molar-refractivity contribution in [2.45, 2.75) is 39.2 Å². The molecule has 1 aromatic carbocycles. The van der Waals surface area contributed by atoms with Crippen molar-refractivity contribution < 1.29 is 5.11 Å². The number of aliphatic hydroxyl groups excluding tert-OH is 1. The molecule has 0 radical (unpaired) electrons. The van der Waals surface area contributed by atoms with Crippen LogP contribution in [0.25, 0.3) is 5.69 Å². The fraction of sp³-hybridized carbons (Fsp3) is 0.375. The van der Waals surface area contributed by atoms with Crippen LogP contribution in [-0.4, -0.2) is 9.67 Å². The molecular formula is C16H18ClNO. The zero-order valence-corrected chi connectivity index (χ0v) is 12.0. The van der Waals surface area contributed by atoms with Crippen molar-refractivity contribution in [3.05, 3.63) is 51.8 Å². The molecule has 1 unspecified atom stereocenters. The number of halogens is 1. The van der Waals surface area contributed by atoms with Crippen molar-refractivity contribution in [1.82, 2.24) is 4.57 Å². The van der Waals surface area contributed by atoms with Gasteiger partial charge in [0.2, 0.25) is 0 Å². The third-order valence-corrected chi connectivity index (χ3v) is 4.23. The Kier molecular flexibility index (Phi) is 3.15. The van der Waals surface area contributed by atoms with Gasteiger partial charge in [-0.3, -0.25) is 0 Å². The molecule has 1 atom stereocenters. The first kappa shape index (κ1) is 12.8. The van der Waals surface area contributed by atoms with E-state index >= 15 is 0 Å². The van der Waals surface area contributed by atoms with E-state index in [9.17, 15) is 5.11 Å². The highest BCUT2D eigenvalue weighted by Gasteiger charge is 2.24. The van der Waals surface area contributed by atoms with Crippen LogP contribution in [0.3, 0.4) is 0 Å². The summed E-state index contributed by atoms with van der Waals surface area (Å²) < 4.78 is 2.20. The van der Waals surface area contributed by atoms with Crippen molar-refractivity contribution >= 4 is 11.6 Å². The van der Waals surface area contributed by atoms with Crippen LogP contribution in [0.2, 0.25) is 5.02 Å². The Hall–Kier alpha value is -1.25. The average Bonchev–Trinajstić information content (AvgIpc) is 2.70. The van der Waals surface area contributed by atoms with Gasteiger partial charge >= 0.3 is 0 Å². The fourth-order valence-corrected chi connectivity index (χ4v) is 3.21. The minimum atomic E-state index is -0.327. The standard InChI is InChI=1S/C16H18ClNO/c1-10-6-7-13(17)15(8-10)18-11(2)9-12-14(18)4-3-5-16(12)19/h6-9,16,19H,3-5H2,1-2H3. The molecule has 1 heterocycles. The van der Waals surface area contributed by atoms with Crippen LogP contribution in [0.5, 0.6) is 0 Å². The van der Waals surface area contributed by atoms with Gasteiger partial charge in [-0.05, 0) is 56.9 Å². The highest BCUT2D eigenvalue weighted by molar-refractivity contribution is 6.32. The van der Waals surface area contributed by atoms with Gasteiger partial charge < -0.3 is 9.67 Å². The van der Waals surface area contributed by atoms with Gasteiger partial charge in [0.05, 0.1) is 16.8 Å². The molecule has 0 aliphatic heterocycles. The minimum Gasteiger partial charge on any atom is -0.388 e. The molecule has 100 valence electrons. The van der Waals surface area contributed by atoms with Gasteiger partial charge in [-0.2, -0.15) is 0 Å². The van der Waals surface area contributed by atoms with E-state index in [0.29, 0.717) is 0 Å². The average molecular weight is 276 g/mol. The van der Waals surface area contributed by atoms with Crippen LogP contribution >= 0.6 is 11.6 Å². The van der Waals surface area contributed by atoms with E-state index in [2.05, 4.69) is 30.5 Å². The third-order valence-electron chi connectivity index (χ3n) is 3.91. The highest BCUT2D eigenvalue weighted by atomic mass is 35.5. The number of hydrogen-bond donors (Lipinski definition) is 1. The Morgan fingerprint density at radius 2 is 2.05 bits per heavy atom. The summed E-state index contributed by atoms with van der Waals surface area (Å²) in [5, 5.41) is 10.9. The highest BCUT2D eigenvalue weighted by Crippen LogP contribution is 2.35. The number of aliphatic hydroxyl groups is 1. The molecule has 0 saturated carbocycles. The predicted octanol–water partition coefficient (Wildman–Crippen LogP) is 4.12. The van der Waals surface area contributed by atoms with Crippen molar-refractivity contribution in [3.8, 4) is 5.69 Å². The molecule has 3 heteroatoms. The molecule has 0 amide bonds. The summed E-state index contributed by atoms with van der Waals surface area (Å²) in [4.78, 5) is 0. The number of aryl methyl sites for hydroxylation is 2. The normalized spacial score (nSPS) is 18.4. The second-order valence-electron chi connectivity index (χ2n) is 5.39. The number of fused-ring (bicyclic) bond motifs is 1. The quantitative estimate of drug-likeness (QED) is 0.832. The lowest BCUT2D eigenvalue weighted by Gasteiger charge is -2.21. The molecular weight excluding hydrogens is 258 g/mol. The molecule has 2 nitrogen and oxygen atoms in total. The first-order valence-electron chi connectivity index (χ1n) is 6.73. The molecule has 2 aromatic rings. The Labute approximate surface area is 118 Å². The monoisotopic (exact) mass is 275 g/mol. The Balaban J connectivity index is 2.23. The second-order valence-corrected chi connectivity index (χ2v) is 5.79. The maximum atomic E-state index is 10.1. The Morgan fingerprint density at radius 1 is 1.26 bits per heavy atom. The van der Waals surface area contributed by atoms with Crippen LogP contribution in [0.1, 0.15) is 41.5 Å². The molecule has 0 fully saturated rings. The van der Waals surface area contributed by atoms with Gasteiger partial charge in [0.1, 0.15) is 0 Å². The van der Waals surface area contributed by atoms with E-state index in [0.717, 1.165) is 41.2 Å². The molecule has 3 rings (SSSR count). The van der Waals surface area contributed by atoms with Gasteiger partial charge in [0.15, 0.2) is 0 Å². The molecule has 19 heavy (non-hydrogen) atoms. The lowest BCUT2D eigenvalue weighted by Crippen LogP contribution is -2.11. The first-order valence-corrected chi connectivity index (χ1v) is 7.11. The van der Waals surface area contributed by atoms with Crippen molar-refractivity contribution in [3.63, 3.8) is 0 Å². The predicted molar refractivity (Wildman–Crippen MR) is 78.2 cm³/mol. The van der Waals surface area contributed by atoms with E-state index in [1.54, 1.807) is 0 Å². The second kappa shape index (κ2) is 4.69. The molecule has 1 aliphatic rings. The number of aromatic nitrogens is 1. The van der Waals surface area contributed by atoms with Crippen LogP contribution < -0.4 is 0 Å². The van der Waals surface area contributed by atoms with Gasteiger partial charge in [0, 0.05) is 17.0 Å².